The Morgan fingerprint density at radius 2 is 2.00 bits per heavy atom. The van der Waals surface area contributed by atoms with Gasteiger partial charge >= 0.3 is 0 Å². The van der Waals surface area contributed by atoms with Gasteiger partial charge in [-0.25, -0.2) is 4.98 Å². The molecule has 0 atom stereocenters. The lowest BCUT2D eigenvalue weighted by Gasteiger charge is -2.06. The predicted molar refractivity (Wildman–Crippen MR) is 78.7 cm³/mol. The lowest BCUT2D eigenvalue weighted by atomic mass is 10.1. The molecule has 0 aliphatic carbocycles. The average Bonchev–Trinajstić information content (AvgIpc) is 2.81. The Kier molecular flexibility index (Phi) is 2.95. The monoisotopic (exact) mass is 270 g/mol. The summed E-state index contributed by atoms with van der Waals surface area (Å²) in [5, 5.41) is 1.06. The fourth-order valence-corrected chi connectivity index (χ4v) is 2.22. The van der Waals surface area contributed by atoms with E-state index in [0.29, 0.717) is 16.4 Å². The number of rotatable bonds is 2. The van der Waals surface area contributed by atoms with Crippen LogP contribution in [0.5, 0.6) is 0 Å². The minimum atomic E-state index is 0.368. The molecule has 3 aromatic rings. The van der Waals surface area contributed by atoms with E-state index in [1.54, 1.807) is 0 Å². The third-order valence-corrected chi connectivity index (χ3v) is 3.25. The molecule has 19 heavy (non-hydrogen) atoms. The number of aromatic amines is 1. The van der Waals surface area contributed by atoms with E-state index < -0.39 is 0 Å². The zero-order chi connectivity index (χ0) is 13.4. The molecule has 0 amide bonds. The number of H-pyrrole nitrogens is 1. The molecule has 0 aliphatic rings. The maximum absolute atomic E-state index is 5.80. The third kappa shape index (κ3) is 2.31. The van der Waals surface area contributed by atoms with Gasteiger partial charge in [-0.15, -0.1) is 0 Å². The Morgan fingerprint density at radius 3 is 2.74 bits per heavy atom. The van der Waals surface area contributed by atoms with Crippen LogP contribution in [-0.4, -0.2) is 9.97 Å². The summed E-state index contributed by atoms with van der Waals surface area (Å²) in [4.78, 5) is 7.64. The molecule has 0 fully saturated rings. The van der Waals surface area contributed by atoms with E-state index in [9.17, 15) is 0 Å². The fourth-order valence-electron chi connectivity index (χ4n) is 2.00. The zero-order valence-corrected chi connectivity index (χ0v) is 11.6. The number of para-hydroxylation sites is 1. The van der Waals surface area contributed by atoms with Crippen molar-refractivity contribution in [3.63, 3.8) is 0 Å². The van der Waals surface area contributed by atoms with Crippen molar-refractivity contribution in [2.45, 2.75) is 19.8 Å². The summed E-state index contributed by atoms with van der Waals surface area (Å²) in [5.74, 6) is 1.77. The Bertz CT molecular complexity index is 753. The highest BCUT2D eigenvalue weighted by Gasteiger charge is 2.10. The van der Waals surface area contributed by atoms with E-state index in [1.807, 2.05) is 36.4 Å². The molecule has 3 rings (SSSR count). The van der Waals surface area contributed by atoms with Crippen molar-refractivity contribution in [3.05, 3.63) is 46.7 Å². The molecule has 0 saturated heterocycles. The first-order valence-corrected chi connectivity index (χ1v) is 6.64. The minimum Gasteiger partial charge on any atom is -0.453 e. The molecule has 0 radical (unpaired) electrons. The van der Waals surface area contributed by atoms with Crippen molar-refractivity contribution in [3.8, 4) is 11.6 Å². The van der Waals surface area contributed by atoms with E-state index in [-0.39, 0.29) is 0 Å². The van der Waals surface area contributed by atoms with Crippen molar-refractivity contribution < 1.29 is 4.42 Å². The van der Waals surface area contributed by atoms with Crippen molar-refractivity contribution in [2.24, 2.45) is 0 Å². The molecule has 0 aliphatic heterocycles. The first-order valence-electron chi connectivity index (χ1n) is 6.24. The van der Waals surface area contributed by atoms with E-state index in [4.69, 9.17) is 16.6 Å². The van der Waals surface area contributed by atoms with Gasteiger partial charge in [-0.05, 0) is 24.1 Å². The molecule has 96 valence electrons. The number of hydrogen-bond acceptors (Lipinski definition) is 3. The normalized spacial score (nSPS) is 11.3. The minimum absolute atomic E-state index is 0.368. The Hall–Kier alpha value is -1.94. The Balaban J connectivity index is 2.18. The second kappa shape index (κ2) is 4.63. The molecule has 0 saturated carbocycles. The maximum atomic E-state index is 5.80. The lowest BCUT2D eigenvalue weighted by Crippen LogP contribution is -1.97. The van der Waals surface area contributed by atoms with Crippen LogP contribution in [0.4, 0.5) is 0 Å². The van der Waals surface area contributed by atoms with Crippen LogP contribution in [0.1, 0.15) is 25.5 Å². The number of hydrogen-bond donors (Lipinski definition) is 1. The topological polar surface area (TPSA) is 41.8 Å². The van der Waals surface area contributed by atoms with Crippen molar-refractivity contribution >= 4 is 23.2 Å². The summed E-state index contributed by atoms with van der Waals surface area (Å²) in [6, 6.07) is 11.8. The SMILES string of the molecule is CC(C)c1cc(=S)nc(-c2cc3ccccc3o2)[nH]1. The van der Waals surface area contributed by atoms with Gasteiger partial charge in [0.15, 0.2) is 11.6 Å². The number of nitrogens with zero attached hydrogens (tertiary/aromatic N) is 1. The van der Waals surface area contributed by atoms with Gasteiger partial charge < -0.3 is 9.40 Å². The number of aromatic nitrogens is 2. The van der Waals surface area contributed by atoms with Crippen LogP contribution in [0.25, 0.3) is 22.6 Å². The van der Waals surface area contributed by atoms with Gasteiger partial charge in [-0.2, -0.15) is 0 Å². The van der Waals surface area contributed by atoms with Crippen LogP contribution in [0.3, 0.4) is 0 Å². The zero-order valence-electron chi connectivity index (χ0n) is 10.8. The maximum Gasteiger partial charge on any atom is 0.175 e. The summed E-state index contributed by atoms with van der Waals surface area (Å²) < 4.78 is 6.39. The highest BCUT2D eigenvalue weighted by Crippen LogP contribution is 2.26. The van der Waals surface area contributed by atoms with Crippen molar-refractivity contribution in [2.75, 3.05) is 0 Å². The van der Waals surface area contributed by atoms with E-state index in [1.165, 1.54) is 0 Å². The highest BCUT2D eigenvalue weighted by atomic mass is 32.1. The molecule has 1 aromatic carbocycles. The van der Waals surface area contributed by atoms with Crippen LogP contribution < -0.4 is 0 Å². The second-order valence-electron chi connectivity index (χ2n) is 4.83. The number of nitrogens with one attached hydrogen (secondary N) is 1. The predicted octanol–water partition coefficient (Wildman–Crippen LogP) is 4.68. The first kappa shape index (κ1) is 12.1. The number of furan rings is 1. The molecule has 0 unspecified atom stereocenters. The van der Waals surface area contributed by atoms with Crippen LogP contribution in [0.2, 0.25) is 0 Å². The Morgan fingerprint density at radius 1 is 1.21 bits per heavy atom. The van der Waals surface area contributed by atoms with Crippen LogP contribution in [-0.2, 0) is 0 Å². The largest absolute Gasteiger partial charge is 0.453 e. The summed E-state index contributed by atoms with van der Waals surface area (Å²) >= 11 is 5.21. The number of fused-ring (bicyclic) bond motifs is 1. The first-order chi connectivity index (χ1) is 9.13. The quantitative estimate of drug-likeness (QED) is 0.688. The molecular weight excluding hydrogens is 256 g/mol. The third-order valence-electron chi connectivity index (χ3n) is 3.04. The summed E-state index contributed by atoms with van der Waals surface area (Å²) in [6.45, 7) is 4.23. The van der Waals surface area contributed by atoms with Gasteiger partial charge in [0.05, 0.1) is 0 Å². The Labute approximate surface area is 116 Å². The smallest absolute Gasteiger partial charge is 0.175 e. The summed E-state index contributed by atoms with van der Waals surface area (Å²) in [7, 11) is 0. The van der Waals surface area contributed by atoms with Crippen molar-refractivity contribution in [1.82, 2.24) is 9.97 Å². The van der Waals surface area contributed by atoms with E-state index in [0.717, 1.165) is 22.4 Å². The summed E-state index contributed by atoms with van der Waals surface area (Å²) in [6.07, 6.45) is 0. The van der Waals surface area contributed by atoms with Gasteiger partial charge in [-0.3, -0.25) is 0 Å². The molecule has 3 nitrogen and oxygen atoms in total. The molecule has 1 N–H and O–H groups in total. The van der Waals surface area contributed by atoms with E-state index in [2.05, 4.69) is 23.8 Å². The van der Waals surface area contributed by atoms with Crippen LogP contribution in [0.15, 0.2) is 40.8 Å². The fraction of sp³-hybridized carbons (Fsp3) is 0.200. The summed E-state index contributed by atoms with van der Waals surface area (Å²) in [5.41, 5.74) is 1.92. The van der Waals surface area contributed by atoms with Gasteiger partial charge in [0, 0.05) is 11.1 Å². The second-order valence-corrected chi connectivity index (χ2v) is 5.24. The molecule has 0 bridgehead atoms. The number of benzene rings is 1. The van der Waals surface area contributed by atoms with Crippen LogP contribution >= 0.6 is 12.2 Å². The van der Waals surface area contributed by atoms with Gasteiger partial charge in [0.1, 0.15) is 10.2 Å². The standard InChI is InChI=1S/C15H14N2OS/c1-9(2)11-8-14(19)17-15(16-11)13-7-10-5-3-4-6-12(10)18-13/h3-9H,1-2H3,(H,16,17,19). The van der Waals surface area contributed by atoms with E-state index >= 15 is 0 Å². The molecule has 2 heterocycles. The van der Waals surface area contributed by atoms with Crippen molar-refractivity contribution in [1.29, 1.82) is 0 Å². The molecule has 2 aromatic heterocycles. The highest BCUT2D eigenvalue weighted by molar-refractivity contribution is 7.71. The average molecular weight is 270 g/mol. The molecular formula is C15H14N2OS. The molecule has 4 heteroatoms. The van der Waals surface area contributed by atoms with Gasteiger partial charge in [0.2, 0.25) is 0 Å². The molecule has 0 spiro atoms. The van der Waals surface area contributed by atoms with Crippen LogP contribution in [0, 0.1) is 4.64 Å². The lowest BCUT2D eigenvalue weighted by molar-refractivity contribution is 0.623. The van der Waals surface area contributed by atoms with Gasteiger partial charge in [-0.1, -0.05) is 44.3 Å². The van der Waals surface area contributed by atoms with Gasteiger partial charge in [0.25, 0.3) is 0 Å².